The van der Waals surface area contributed by atoms with E-state index in [0.29, 0.717) is 5.13 Å². The maximum Gasteiger partial charge on any atom is 0.321 e. The van der Waals surface area contributed by atoms with E-state index in [-0.39, 0.29) is 12.6 Å². The average Bonchev–Trinajstić information content (AvgIpc) is 2.97. The van der Waals surface area contributed by atoms with Gasteiger partial charge in [0.2, 0.25) is 0 Å². The highest BCUT2D eigenvalue weighted by Crippen LogP contribution is 2.16. The molecule has 1 unspecified atom stereocenters. The first kappa shape index (κ1) is 13.0. The van der Waals surface area contributed by atoms with Gasteiger partial charge in [-0.1, -0.05) is 0 Å². The monoisotopic (exact) mass is 283 g/mol. The number of thiazole rings is 1. The van der Waals surface area contributed by atoms with Crippen molar-refractivity contribution in [1.29, 1.82) is 0 Å². The maximum absolute atomic E-state index is 11.5. The van der Waals surface area contributed by atoms with Crippen LogP contribution in [0.3, 0.4) is 0 Å². The number of aryl methyl sites for hydroxylation is 1. The maximum atomic E-state index is 11.5. The number of nitrogens with one attached hydrogen (secondary N) is 2. The van der Waals surface area contributed by atoms with Gasteiger partial charge in [-0.15, -0.1) is 11.3 Å². The third kappa shape index (κ3) is 3.52. The summed E-state index contributed by atoms with van der Waals surface area (Å²) in [5.74, 6) is 0. The molecule has 0 aromatic carbocycles. The Kier molecular flexibility index (Phi) is 4.29. The summed E-state index contributed by atoms with van der Waals surface area (Å²) in [4.78, 5) is 15.6. The number of nitrogens with zero attached hydrogens (tertiary/aromatic N) is 1. The second-order valence-corrected chi connectivity index (χ2v) is 5.34. The highest BCUT2D eigenvalue weighted by molar-refractivity contribution is 7.13. The van der Waals surface area contributed by atoms with Crippen LogP contribution in [0.5, 0.6) is 0 Å². The van der Waals surface area contributed by atoms with Gasteiger partial charge in [0.05, 0.1) is 11.8 Å². The number of hydrogen-bond donors (Lipinski definition) is 3. The van der Waals surface area contributed by atoms with Gasteiger partial charge in [-0.25, -0.2) is 9.78 Å². The SMILES string of the molecule is Cc1csc(NC(=O)NCC(O)c2ccsc2)n1. The van der Waals surface area contributed by atoms with Crippen molar-refractivity contribution in [2.75, 3.05) is 11.9 Å². The number of carbonyl (C=O) groups is 1. The molecular weight excluding hydrogens is 270 g/mol. The fourth-order valence-corrected chi connectivity index (χ4v) is 2.71. The van der Waals surface area contributed by atoms with Crippen molar-refractivity contribution in [3.05, 3.63) is 33.5 Å². The quantitative estimate of drug-likeness (QED) is 0.806. The molecule has 7 heteroatoms. The van der Waals surface area contributed by atoms with Crippen LogP contribution in [-0.2, 0) is 0 Å². The summed E-state index contributed by atoms with van der Waals surface area (Å²) in [6, 6.07) is 1.47. The Labute approximate surface area is 113 Å². The molecule has 0 bridgehead atoms. The summed E-state index contributed by atoms with van der Waals surface area (Å²) in [5.41, 5.74) is 1.68. The molecule has 2 aromatic rings. The first-order valence-electron chi connectivity index (χ1n) is 5.32. The fourth-order valence-electron chi connectivity index (χ4n) is 1.32. The fraction of sp³-hybridized carbons (Fsp3) is 0.273. The molecule has 0 aliphatic heterocycles. The van der Waals surface area contributed by atoms with Crippen molar-refractivity contribution in [2.45, 2.75) is 13.0 Å². The van der Waals surface area contributed by atoms with E-state index in [9.17, 15) is 9.90 Å². The molecule has 0 aliphatic rings. The van der Waals surface area contributed by atoms with Gasteiger partial charge in [0.1, 0.15) is 0 Å². The van der Waals surface area contributed by atoms with Crippen LogP contribution in [0.25, 0.3) is 0 Å². The van der Waals surface area contributed by atoms with Crippen LogP contribution in [0.1, 0.15) is 17.4 Å². The van der Waals surface area contributed by atoms with Crippen LogP contribution < -0.4 is 10.6 Å². The number of hydrogen-bond acceptors (Lipinski definition) is 5. The van der Waals surface area contributed by atoms with E-state index in [1.54, 1.807) is 0 Å². The summed E-state index contributed by atoms with van der Waals surface area (Å²) < 4.78 is 0. The number of amides is 2. The van der Waals surface area contributed by atoms with E-state index in [1.807, 2.05) is 29.1 Å². The van der Waals surface area contributed by atoms with Gasteiger partial charge in [-0.05, 0) is 29.3 Å². The number of aliphatic hydroxyl groups is 1. The van der Waals surface area contributed by atoms with Crippen molar-refractivity contribution in [3.8, 4) is 0 Å². The van der Waals surface area contributed by atoms with E-state index < -0.39 is 6.10 Å². The lowest BCUT2D eigenvalue weighted by Gasteiger charge is -2.10. The Morgan fingerprint density at radius 1 is 1.56 bits per heavy atom. The molecule has 2 rings (SSSR count). The van der Waals surface area contributed by atoms with Gasteiger partial charge in [0, 0.05) is 11.9 Å². The minimum absolute atomic E-state index is 0.174. The standard InChI is InChI=1S/C11H13N3O2S2/c1-7-5-18-11(13-7)14-10(16)12-4-9(15)8-2-3-17-6-8/h2-3,5-6,9,15H,4H2,1H3,(H2,12,13,14,16). The zero-order valence-corrected chi connectivity index (χ0v) is 11.3. The van der Waals surface area contributed by atoms with Crippen LogP contribution >= 0.6 is 22.7 Å². The predicted octanol–water partition coefficient (Wildman–Crippen LogP) is 2.37. The molecule has 0 spiro atoms. The second-order valence-electron chi connectivity index (χ2n) is 3.70. The van der Waals surface area contributed by atoms with Gasteiger partial charge >= 0.3 is 6.03 Å². The third-order valence-corrected chi connectivity index (χ3v) is 3.80. The van der Waals surface area contributed by atoms with Crippen LogP contribution in [-0.4, -0.2) is 22.7 Å². The first-order chi connectivity index (χ1) is 8.65. The Hall–Kier alpha value is -1.44. The molecule has 2 aromatic heterocycles. The first-order valence-corrected chi connectivity index (χ1v) is 7.14. The molecule has 1 atom stereocenters. The second kappa shape index (κ2) is 5.94. The molecule has 0 saturated carbocycles. The zero-order valence-electron chi connectivity index (χ0n) is 9.71. The number of carbonyl (C=O) groups excluding carboxylic acids is 1. The average molecular weight is 283 g/mol. The van der Waals surface area contributed by atoms with Crippen LogP contribution in [0.15, 0.2) is 22.2 Å². The van der Waals surface area contributed by atoms with Crippen LogP contribution in [0.4, 0.5) is 9.93 Å². The normalized spacial score (nSPS) is 12.1. The van der Waals surface area contributed by atoms with E-state index in [4.69, 9.17) is 0 Å². The molecule has 3 N–H and O–H groups in total. The molecule has 0 fully saturated rings. The summed E-state index contributed by atoms with van der Waals surface area (Å²) in [6.45, 7) is 2.03. The Bertz CT molecular complexity index is 510. The highest BCUT2D eigenvalue weighted by Gasteiger charge is 2.10. The smallest absolute Gasteiger partial charge is 0.321 e. The van der Waals surface area contributed by atoms with E-state index in [0.717, 1.165) is 11.3 Å². The number of urea groups is 1. The van der Waals surface area contributed by atoms with Crippen LogP contribution in [0.2, 0.25) is 0 Å². The molecule has 2 heterocycles. The number of aromatic nitrogens is 1. The van der Waals surface area contributed by atoms with Gasteiger partial charge in [-0.2, -0.15) is 11.3 Å². The molecule has 18 heavy (non-hydrogen) atoms. The molecule has 0 radical (unpaired) electrons. The van der Waals surface area contributed by atoms with E-state index in [2.05, 4.69) is 15.6 Å². The van der Waals surface area contributed by atoms with Crippen molar-refractivity contribution < 1.29 is 9.90 Å². The molecule has 0 aliphatic carbocycles. The van der Waals surface area contributed by atoms with Crippen molar-refractivity contribution in [1.82, 2.24) is 10.3 Å². The summed E-state index contributed by atoms with van der Waals surface area (Å²) in [5, 5.41) is 21.1. The number of aliphatic hydroxyl groups excluding tert-OH is 1. The summed E-state index contributed by atoms with van der Waals surface area (Å²) in [6.07, 6.45) is -0.681. The topological polar surface area (TPSA) is 74.2 Å². The minimum Gasteiger partial charge on any atom is -0.387 e. The lowest BCUT2D eigenvalue weighted by atomic mass is 10.2. The van der Waals surface area contributed by atoms with E-state index >= 15 is 0 Å². The third-order valence-electron chi connectivity index (χ3n) is 2.22. The lowest BCUT2D eigenvalue weighted by Crippen LogP contribution is -2.32. The Balaban J connectivity index is 1.78. The number of rotatable bonds is 4. The van der Waals surface area contributed by atoms with Crippen LogP contribution in [0, 0.1) is 6.92 Å². The minimum atomic E-state index is -0.681. The van der Waals surface area contributed by atoms with Crippen molar-refractivity contribution in [3.63, 3.8) is 0 Å². The molecule has 5 nitrogen and oxygen atoms in total. The largest absolute Gasteiger partial charge is 0.387 e. The van der Waals surface area contributed by atoms with Crippen molar-refractivity contribution >= 4 is 33.8 Å². The summed E-state index contributed by atoms with van der Waals surface area (Å²) in [7, 11) is 0. The summed E-state index contributed by atoms with van der Waals surface area (Å²) >= 11 is 2.88. The highest BCUT2D eigenvalue weighted by atomic mass is 32.1. The Morgan fingerprint density at radius 2 is 2.39 bits per heavy atom. The van der Waals surface area contributed by atoms with E-state index in [1.165, 1.54) is 22.7 Å². The van der Waals surface area contributed by atoms with Gasteiger partial charge in [0.15, 0.2) is 5.13 Å². The molecule has 2 amide bonds. The van der Waals surface area contributed by atoms with Crippen molar-refractivity contribution in [2.24, 2.45) is 0 Å². The van der Waals surface area contributed by atoms with Gasteiger partial charge in [-0.3, -0.25) is 5.32 Å². The Morgan fingerprint density at radius 3 is 3.00 bits per heavy atom. The predicted molar refractivity (Wildman–Crippen MR) is 73.2 cm³/mol. The molecular formula is C11H13N3O2S2. The lowest BCUT2D eigenvalue weighted by molar-refractivity contribution is 0.175. The van der Waals surface area contributed by atoms with Gasteiger partial charge in [0.25, 0.3) is 0 Å². The number of anilines is 1. The number of thiophene rings is 1. The van der Waals surface area contributed by atoms with Gasteiger partial charge < -0.3 is 10.4 Å². The molecule has 0 saturated heterocycles. The molecule has 96 valence electrons. The zero-order chi connectivity index (χ0) is 13.0.